The molecule has 66 valence electrons. The maximum absolute atomic E-state index is 10.5. The largest absolute Gasteiger partial charge is 0.351 e. The van der Waals surface area contributed by atoms with Gasteiger partial charge in [-0.1, -0.05) is 0 Å². The lowest BCUT2D eigenvalue weighted by atomic mass is 10.2. The van der Waals surface area contributed by atoms with Crippen LogP contribution in [-0.2, 0) is 0 Å². The van der Waals surface area contributed by atoms with E-state index in [4.69, 9.17) is 0 Å². The minimum absolute atomic E-state index is 0.576. The number of H-pyrrole nitrogens is 1. The standard InChI is InChI=1S/C9H7BrN2O/c1-5-7-2-6(4-13)12-9(7)8(10)3-11-5/h2-4,12H,1H3. The molecule has 0 aliphatic carbocycles. The molecular weight excluding hydrogens is 232 g/mol. The summed E-state index contributed by atoms with van der Waals surface area (Å²) in [5.74, 6) is 0. The van der Waals surface area contributed by atoms with Crippen molar-refractivity contribution in [2.24, 2.45) is 0 Å². The molecule has 0 radical (unpaired) electrons. The number of nitrogens with one attached hydrogen (secondary N) is 1. The third-order valence-corrected chi connectivity index (χ3v) is 2.57. The fourth-order valence-electron chi connectivity index (χ4n) is 1.30. The van der Waals surface area contributed by atoms with Crippen LogP contribution in [0.3, 0.4) is 0 Å². The predicted molar refractivity (Wildman–Crippen MR) is 53.9 cm³/mol. The van der Waals surface area contributed by atoms with E-state index in [1.54, 1.807) is 12.3 Å². The third-order valence-electron chi connectivity index (χ3n) is 1.97. The second-order valence-electron chi connectivity index (χ2n) is 2.82. The van der Waals surface area contributed by atoms with Crippen molar-refractivity contribution in [3.63, 3.8) is 0 Å². The zero-order valence-electron chi connectivity index (χ0n) is 6.97. The van der Waals surface area contributed by atoms with Crippen LogP contribution in [0.15, 0.2) is 16.7 Å². The van der Waals surface area contributed by atoms with Crippen molar-refractivity contribution in [3.8, 4) is 0 Å². The molecule has 3 nitrogen and oxygen atoms in total. The second-order valence-corrected chi connectivity index (χ2v) is 3.68. The Balaban J connectivity index is 2.87. The lowest BCUT2D eigenvalue weighted by Gasteiger charge is -1.95. The maximum Gasteiger partial charge on any atom is 0.166 e. The van der Waals surface area contributed by atoms with E-state index >= 15 is 0 Å². The first-order valence-corrected chi connectivity index (χ1v) is 4.60. The van der Waals surface area contributed by atoms with Crippen molar-refractivity contribution in [3.05, 3.63) is 28.1 Å². The van der Waals surface area contributed by atoms with Crippen LogP contribution in [0, 0.1) is 6.92 Å². The molecule has 0 aliphatic heterocycles. The summed E-state index contributed by atoms with van der Waals surface area (Å²) in [6.45, 7) is 1.91. The summed E-state index contributed by atoms with van der Waals surface area (Å²) in [5, 5.41) is 0.983. The van der Waals surface area contributed by atoms with E-state index in [0.717, 1.165) is 27.4 Å². The van der Waals surface area contributed by atoms with Crippen molar-refractivity contribution >= 4 is 33.1 Å². The van der Waals surface area contributed by atoms with Crippen LogP contribution in [0.5, 0.6) is 0 Å². The maximum atomic E-state index is 10.5. The number of rotatable bonds is 1. The van der Waals surface area contributed by atoms with Crippen molar-refractivity contribution in [2.45, 2.75) is 6.92 Å². The van der Waals surface area contributed by atoms with Crippen molar-refractivity contribution < 1.29 is 4.79 Å². The number of halogens is 1. The van der Waals surface area contributed by atoms with Crippen LogP contribution in [0.2, 0.25) is 0 Å². The zero-order valence-corrected chi connectivity index (χ0v) is 8.55. The van der Waals surface area contributed by atoms with Gasteiger partial charge < -0.3 is 4.98 Å². The van der Waals surface area contributed by atoms with Crippen molar-refractivity contribution in [2.75, 3.05) is 0 Å². The number of fused-ring (bicyclic) bond motifs is 1. The van der Waals surface area contributed by atoms with Gasteiger partial charge in [-0.15, -0.1) is 0 Å². The Morgan fingerprint density at radius 2 is 2.38 bits per heavy atom. The molecule has 2 rings (SSSR count). The minimum atomic E-state index is 0.576. The normalized spacial score (nSPS) is 10.6. The summed E-state index contributed by atoms with van der Waals surface area (Å²) in [4.78, 5) is 17.7. The Morgan fingerprint density at radius 1 is 1.62 bits per heavy atom. The van der Waals surface area contributed by atoms with Crippen LogP contribution >= 0.6 is 15.9 Å². The van der Waals surface area contributed by atoms with Crippen LogP contribution in [0.1, 0.15) is 16.2 Å². The Labute approximate surface area is 83.3 Å². The van der Waals surface area contributed by atoms with Gasteiger partial charge in [0.2, 0.25) is 0 Å². The van der Waals surface area contributed by atoms with Crippen LogP contribution in [-0.4, -0.2) is 16.3 Å². The SMILES string of the molecule is Cc1ncc(Br)c2[nH]c(C=O)cc12. The first-order chi connectivity index (χ1) is 6.22. The summed E-state index contributed by atoms with van der Waals surface area (Å²) in [5.41, 5.74) is 2.42. The highest BCUT2D eigenvalue weighted by Crippen LogP contribution is 2.24. The molecular formula is C9H7BrN2O. The summed E-state index contributed by atoms with van der Waals surface area (Å²) in [7, 11) is 0. The van der Waals surface area contributed by atoms with Gasteiger partial charge >= 0.3 is 0 Å². The van der Waals surface area contributed by atoms with Crippen molar-refractivity contribution in [1.82, 2.24) is 9.97 Å². The fraction of sp³-hybridized carbons (Fsp3) is 0.111. The molecule has 0 aromatic carbocycles. The molecule has 0 saturated carbocycles. The Hall–Kier alpha value is -1.16. The van der Waals surface area contributed by atoms with E-state index in [1.165, 1.54) is 0 Å². The minimum Gasteiger partial charge on any atom is -0.351 e. The van der Waals surface area contributed by atoms with E-state index in [9.17, 15) is 4.79 Å². The topological polar surface area (TPSA) is 45.8 Å². The molecule has 1 N–H and O–H groups in total. The quantitative estimate of drug-likeness (QED) is 0.777. The van der Waals surface area contributed by atoms with Gasteiger partial charge in [0.15, 0.2) is 6.29 Å². The van der Waals surface area contributed by atoms with Gasteiger partial charge in [0.1, 0.15) is 0 Å². The highest BCUT2D eigenvalue weighted by Gasteiger charge is 2.06. The van der Waals surface area contributed by atoms with Crippen LogP contribution in [0.4, 0.5) is 0 Å². The average Bonchev–Trinajstić information content (AvgIpc) is 2.56. The van der Waals surface area contributed by atoms with Gasteiger partial charge in [0.05, 0.1) is 15.7 Å². The summed E-state index contributed by atoms with van der Waals surface area (Å²) < 4.78 is 0.876. The van der Waals surface area contributed by atoms with Gasteiger partial charge in [0, 0.05) is 17.3 Å². The number of carbonyl (C=O) groups is 1. The van der Waals surface area contributed by atoms with E-state index in [0.29, 0.717) is 5.69 Å². The molecule has 0 unspecified atom stereocenters. The number of aromatic amines is 1. The van der Waals surface area contributed by atoms with Gasteiger partial charge in [-0.3, -0.25) is 9.78 Å². The second kappa shape index (κ2) is 2.96. The zero-order chi connectivity index (χ0) is 9.42. The first-order valence-electron chi connectivity index (χ1n) is 3.81. The lowest BCUT2D eigenvalue weighted by molar-refractivity contribution is 0.112. The molecule has 0 amide bonds. The van der Waals surface area contributed by atoms with Crippen molar-refractivity contribution in [1.29, 1.82) is 0 Å². The van der Waals surface area contributed by atoms with E-state index < -0.39 is 0 Å². The number of aryl methyl sites for hydroxylation is 1. The number of aromatic nitrogens is 2. The smallest absolute Gasteiger partial charge is 0.166 e. The number of pyridine rings is 1. The monoisotopic (exact) mass is 238 g/mol. The van der Waals surface area contributed by atoms with Gasteiger partial charge in [-0.05, 0) is 28.9 Å². The first kappa shape index (κ1) is 8.44. The molecule has 0 atom stereocenters. The van der Waals surface area contributed by atoms with E-state index in [-0.39, 0.29) is 0 Å². The van der Waals surface area contributed by atoms with Crippen LogP contribution < -0.4 is 0 Å². The molecule has 0 spiro atoms. The molecule has 0 bridgehead atoms. The molecule has 0 fully saturated rings. The van der Waals surface area contributed by atoms with E-state index in [2.05, 4.69) is 25.9 Å². The molecule has 13 heavy (non-hydrogen) atoms. The number of carbonyl (C=O) groups excluding carboxylic acids is 1. The van der Waals surface area contributed by atoms with Gasteiger partial charge in [-0.25, -0.2) is 0 Å². The van der Waals surface area contributed by atoms with E-state index in [1.807, 2.05) is 6.92 Å². The molecule has 2 aromatic heterocycles. The number of aldehydes is 1. The third kappa shape index (κ3) is 1.27. The average molecular weight is 239 g/mol. The molecule has 0 saturated heterocycles. The fourth-order valence-corrected chi connectivity index (χ4v) is 1.72. The summed E-state index contributed by atoms with van der Waals surface area (Å²) in [6.07, 6.45) is 2.52. The number of nitrogens with zero attached hydrogens (tertiary/aromatic N) is 1. The number of hydrogen-bond acceptors (Lipinski definition) is 2. The molecule has 2 heterocycles. The Morgan fingerprint density at radius 3 is 3.00 bits per heavy atom. The molecule has 4 heteroatoms. The highest BCUT2D eigenvalue weighted by atomic mass is 79.9. The Kier molecular flexibility index (Phi) is 1.92. The number of hydrogen-bond donors (Lipinski definition) is 1. The predicted octanol–water partition coefficient (Wildman–Crippen LogP) is 2.45. The lowest BCUT2D eigenvalue weighted by Crippen LogP contribution is -1.81. The van der Waals surface area contributed by atoms with Crippen LogP contribution in [0.25, 0.3) is 10.9 Å². The summed E-state index contributed by atoms with van der Waals surface area (Å²) >= 11 is 3.36. The molecule has 0 aliphatic rings. The Bertz CT molecular complexity index is 437. The highest BCUT2D eigenvalue weighted by molar-refractivity contribution is 9.10. The van der Waals surface area contributed by atoms with Gasteiger partial charge in [-0.2, -0.15) is 0 Å². The van der Waals surface area contributed by atoms with Gasteiger partial charge in [0.25, 0.3) is 0 Å². The molecule has 2 aromatic rings. The summed E-state index contributed by atoms with van der Waals surface area (Å²) in [6, 6.07) is 1.80.